The van der Waals surface area contributed by atoms with E-state index in [-0.39, 0.29) is 5.95 Å². The lowest BCUT2D eigenvalue weighted by atomic mass is 10.0. The van der Waals surface area contributed by atoms with Crippen LogP contribution in [0.5, 0.6) is 0 Å². The zero-order chi connectivity index (χ0) is 14.9. The molecule has 1 aromatic carbocycles. The van der Waals surface area contributed by atoms with E-state index in [1.54, 1.807) is 6.07 Å². The Kier molecular flexibility index (Phi) is 3.69. The van der Waals surface area contributed by atoms with Crippen LogP contribution in [-0.4, -0.2) is 14.8 Å². The Morgan fingerprint density at radius 2 is 1.90 bits per heavy atom. The standard InChI is InChI=1S/C13H15F3N4/c1-3-8-5-6-10(9(4-2)7-8)20-12(17)18-11(19-20)13(14,15)16/h5-7H,3-4H2,1-2H3,(H2,17,18,19). The molecule has 0 aliphatic carbocycles. The van der Waals surface area contributed by atoms with E-state index >= 15 is 0 Å². The molecule has 0 spiro atoms. The van der Waals surface area contributed by atoms with Crippen molar-refractivity contribution in [3.63, 3.8) is 0 Å². The van der Waals surface area contributed by atoms with Gasteiger partial charge in [-0.05, 0) is 30.0 Å². The molecule has 108 valence electrons. The first kappa shape index (κ1) is 14.4. The summed E-state index contributed by atoms with van der Waals surface area (Å²) in [5.74, 6) is -1.49. The fourth-order valence-corrected chi connectivity index (χ4v) is 1.97. The third-order valence-electron chi connectivity index (χ3n) is 3.05. The average Bonchev–Trinajstić information content (AvgIpc) is 2.80. The van der Waals surface area contributed by atoms with Crippen molar-refractivity contribution in [2.45, 2.75) is 32.9 Å². The highest BCUT2D eigenvalue weighted by molar-refractivity contribution is 5.46. The molecule has 1 heterocycles. The van der Waals surface area contributed by atoms with Crippen molar-refractivity contribution in [1.29, 1.82) is 0 Å². The second-order valence-electron chi connectivity index (χ2n) is 4.37. The van der Waals surface area contributed by atoms with Gasteiger partial charge in [-0.15, -0.1) is 5.10 Å². The van der Waals surface area contributed by atoms with E-state index in [9.17, 15) is 13.2 Å². The maximum absolute atomic E-state index is 12.6. The topological polar surface area (TPSA) is 56.7 Å². The van der Waals surface area contributed by atoms with E-state index in [1.165, 1.54) is 0 Å². The highest BCUT2D eigenvalue weighted by Crippen LogP contribution is 2.28. The van der Waals surface area contributed by atoms with Crippen LogP contribution in [0.1, 0.15) is 30.8 Å². The predicted molar refractivity (Wildman–Crippen MR) is 69.5 cm³/mol. The molecule has 20 heavy (non-hydrogen) atoms. The van der Waals surface area contributed by atoms with Gasteiger partial charge in [0.15, 0.2) is 0 Å². The Morgan fingerprint density at radius 1 is 1.20 bits per heavy atom. The van der Waals surface area contributed by atoms with Crippen molar-refractivity contribution >= 4 is 5.95 Å². The molecule has 0 fully saturated rings. The predicted octanol–water partition coefficient (Wildman–Crippen LogP) is 2.99. The summed E-state index contributed by atoms with van der Waals surface area (Å²) in [4.78, 5) is 3.28. The summed E-state index contributed by atoms with van der Waals surface area (Å²) in [7, 11) is 0. The van der Waals surface area contributed by atoms with E-state index in [1.807, 2.05) is 26.0 Å². The number of halogens is 3. The summed E-state index contributed by atoms with van der Waals surface area (Å²) >= 11 is 0. The Labute approximate surface area is 114 Å². The Balaban J connectivity index is 2.54. The third-order valence-corrected chi connectivity index (χ3v) is 3.05. The molecule has 0 unspecified atom stereocenters. The molecule has 0 atom stereocenters. The number of aromatic nitrogens is 3. The number of hydrogen-bond donors (Lipinski definition) is 1. The van der Waals surface area contributed by atoms with Crippen LogP contribution in [0.4, 0.5) is 19.1 Å². The minimum atomic E-state index is -4.60. The van der Waals surface area contributed by atoms with Gasteiger partial charge in [-0.25, -0.2) is 0 Å². The van der Waals surface area contributed by atoms with E-state index in [4.69, 9.17) is 5.73 Å². The van der Waals surface area contributed by atoms with Crippen LogP contribution in [0.2, 0.25) is 0 Å². The molecule has 2 N–H and O–H groups in total. The average molecular weight is 284 g/mol. The number of nitrogen functional groups attached to an aromatic ring is 1. The number of aryl methyl sites for hydroxylation is 2. The maximum atomic E-state index is 12.6. The van der Waals surface area contributed by atoms with E-state index in [0.29, 0.717) is 12.1 Å². The summed E-state index contributed by atoms with van der Waals surface area (Å²) in [5.41, 5.74) is 8.08. The van der Waals surface area contributed by atoms with Crippen molar-refractivity contribution in [2.75, 3.05) is 5.73 Å². The van der Waals surface area contributed by atoms with Crippen LogP contribution < -0.4 is 5.73 Å². The number of nitrogens with zero attached hydrogens (tertiary/aromatic N) is 3. The van der Waals surface area contributed by atoms with Crippen LogP contribution in [0, 0.1) is 0 Å². The second-order valence-corrected chi connectivity index (χ2v) is 4.37. The smallest absolute Gasteiger partial charge is 0.368 e. The minimum Gasteiger partial charge on any atom is -0.368 e. The summed E-state index contributed by atoms with van der Waals surface area (Å²) in [6.07, 6.45) is -3.08. The van der Waals surface area contributed by atoms with Crippen LogP contribution in [0.15, 0.2) is 18.2 Å². The van der Waals surface area contributed by atoms with Crippen molar-refractivity contribution in [3.8, 4) is 5.69 Å². The highest BCUT2D eigenvalue weighted by atomic mass is 19.4. The second kappa shape index (κ2) is 5.15. The summed E-state index contributed by atoms with van der Waals surface area (Å²) in [5, 5.41) is 3.47. The molecular weight excluding hydrogens is 269 g/mol. The van der Waals surface area contributed by atoms with Crippen molar-refractivity contribution in [1.82, 2.24) is 14.8 Å². The van der Waals surface area contributed by atoms with Gasteiger partial charge in [0.25, 0.3) is 5.82 Å². The molecule has 0 saturated heterocycles. The molecule has 2 aromatic rings. The number of nitrogens with two attached hydrogens (primary N) is 1. The fourth-order valence-electron chi connectivity index (χ4n) is 1.97. The molecule has 0 aliphatic rings. The summed E-state index contributed by atoms with van der Waals surface area (Å²) < 4.78 is 38.9. The van der Waals surface area contributed by atoms with Gasteiger partial charge in [0.2, 0.25) is 5.95 Å². The van der Waals surface area contributed by atoms with Gasteiger partial charge in [-0.1, -0.05) is 26.0 Å². The maximum Gasteiger partial charge on any atom is 0.453 e. The number of benzene rings is 1. The molecule has 4 nitrogen and oxygen atoms in total. The number of rotatable bonds is 3. The van der Waals surface area contributed by atoms with Gasteiger partial charge in [-0.3, -0.25) is 0 Å². The summed E-state index contributed by atoms with van der Waals surface area (Å²) in [6.45, 7) is 3.94. The molecule has 0 radical (unpaired) electrons. The highest BCUT2D eigenvalue weighted by Gasteiger charge is 2.37. The molecule has 1 aromatic heterocycles. The van der Waals surface area contributed by atoms with Crippen LogP contribution in [0.3, 0.4) is 0 Å². The molecule has 0 saturated carbocycles. The Morgan fingerprint density at radius 3 is 2.40 bits per heavy atom. The quantitative estimate of drug-likeness (QED) is 0.942. The fraction of sp³-hybridized carbons (Fsp3) is 0.385. The van der Waals surface area contributed by atoms with Gasteiger partial charge >= 0.3 is 6.18 Å². The third kappa shape index (κ3) is 2.61. The first-order valence-electron chi connectivity index (χ1n) is 6.28. The van der Waals surface area contributed by atoms with Crippen LogP contribution in [0.25, 0.3) is 5.69 Å². The molecule has 0 bridgehead atoms. The van der Waals surface area contributed by atoms with Crippen LogP contribution in [-0.2, 0) is 19.0 Å². The zero-order valence-corrected chi connectivity index (χ0v) is 11.2. The van der Waals surface area contributed by atoms with Gasteiger partial charge in [0.1, 0.15) is 0 Å². The first-order valence-corrected chi connectivity index (χ1v) is 6.28. The summed E-state index contributed by atoms with van der Waals surface area (Å²) in [6, 6.07) is 5.52. The van der Waals surface area contributed by atoms with Crippen LogP contribution >= 0.6 is 0 Å². The van der Waals surface area contributed by atoms with Crippen molar-refractivity contribution < 1.29 is 13.2 Å². The lowest BCUT2D eigenvalue weighted by Gasteiger charge is -2.10. The molecule has 0 aliphatic heterocycles. The van der Waals surface area contributed by atoms with E-state index in [0.717, 1.165) is 22.2 Å². The van der Waals surface area contributed by atoms with Gasteiger partial charge < -0.3 is 5.73 Å². The molecule has 0 amide bonds. The largest absolute Gasteiger partial charge is 0.453 e. The molecule has 2 rings (SSSR count). The number of hydrogen-bond acceptors (Lipinski definition) is 3. The molecular formula is C13H15F3N4. The van der Waals surface area contributed by atoms with Crippen molar-refractivity contribution in [3.05, 3.63) is 35.2 Å². The van der Waals surface area contributed by atoms with E-state index in [2.05, 4.69) is 10.1 Å². The number of alkyl halides is 3. The van der Waals surface area contributed by atoms with Gasteiger partial charge in [0, 0.05) is 0 Å². The monoisotopic (exact) mass is 284 g/mol. The Hall–Kier alpha value is -2.05. The SMILES string of the molecule is CCc1ccc(-n2nc(C(F)(F)F)nc2N)c(CC)c1. The lowest BCUT2D eigenvalue weighted by Crippen LogP contribution is -2.09. The first-order chi connectivity index (χ1) is 9.36. The molecule has 7 heteroatoms. The normalized spacial score (nSPS) is 11.8. The lowest BCUT2D eigenvalue weighted by molar-refractivity contribution is -0.144. The van der Waals surface area contributed by atoms with Gasteiger partial charge in [-0.2, -0.15) is 22.8 Å². The van der Waals surface area contributed by atoms with E-state index < -0.39 is 12.0 Å². The van der Waals surface area contributed by atoms with Gasteiger partial charge in [0.05, 0.1) is 5.69 Å². The Bertz CT molecular complexity index is 617. The van der Waals surface area contributed by atoms with Crippen molar-refractivity contribution in [2.24, 2.45) is 0 Å². The number of anilines is 1. The zero-order valence-electron chi connectivity index (χ0n) is 11.2. The minimum absolute atomic E-state index is 0.267.